The van der Waals surface area contributed by atoms with Gasteiger partial charge in [0.1, 0.15) is 13.2 Å². The second-order valence-electron chi connectivity index (χ2n) is 18.6. The summed E-state index contributed by atoms with van der Waals surface area (Å²) in [5, 5.41) is 3.85. The lowest BCUT2D eigenvalue weighted by Crippen LogP contribution is -2.58. The number of methoxy groups -OCH3 is 2. The first-order valence-corrected chi connectivity index (χ1v) is 26.7. The number of hydrogen-bond donors (Lipinski definition) is 3. The quantitative estimate of drug-likeness (QED) is 0.0614. The summed E-state index contributed by atoms with van der Waals surface area (Å²) in [7, 11) is 3.19. The fraction of sp³-hybridized carbons (Fsp3) is 0.464. The average molecular weight is 1120 g/mol. The van der Waals surface area contributed by atoms with Gasteiger partial charge in [0.2, 0.25) is 0 Å². The average Bonchev–Trinajstić information content (AvgIpc) is 4.31. The third kappa shape index (κ3) is 15.3. The Morgan fingerprint density at radius 1 is 0.494 bits per heavy atom. The highest BCUT2D eigenvalue weighted by molar-refractivity contribution is 6.67. The van der Waals surface area contributed by atoms with Crippen LogP contribution in [0, 0.1) is 6.92 Å². The number of nitrogens with one attached hydrogen (secondary N) is 3. The number of fused-ring (bicyclic) bond motifs is 7. The molecule has 3 aromatic rings. The third-order valence-corrected chi connectivity index (χ3v) is 13.4. The zero-order valence-electron chi connectivity index (χ0n) is 46.3. The molecule has 4 aliphatic heterocycles. The number of carbonyl (C=O) groups is 8. The van der Waals surface area contributed by atoms with Crippen molar-refractivity contribution >= 4 is 91.6 Å². The van der Waals surface area contributed by atoms with Crippen LogP contribution < -0.4 is 20.1 Å². The number of hydrogen-bond acceptors (Lipinski definition) is 20. The molecule has 0 radical (unpaired) electrons. The molecule has 4 aliphatic rings. The number of ether oxygens (including phenoxy) is 8. The van der Waals surface area contributed by atoms with E-state index in [2.05, 4.69) is 4.98 Å². The van der Waals surface area contributed by atoms with Crippen LogP contribution in [0.2, 0.25) is 0 Å². The van der Waals surface area contributed by atoms with E-state index in [1.807, 2.05) is 50.5 Å². The Kier molecular flexibility index (Phi) is 22.1. The van der Waals surface area contributed by atoms with Gasteiger partial charge in [-0.05, 0) is 97.9 Å². The molecule has 25 nitrogen and oxygen atoms in total. The first kappa shape index (κ1) is 60.7. The number of benzene rings is 1. The molecule has 2 saturated heterocycles. The molecule has 6 heterocycles. The lowest BCUT2D eigenvalue weighted by molar-refractivity contribution is -0.150. The number of H-pyrrole nitrogens is 1. The number of carbonyl (C=O) groups excluding carboxylic acids is 8. The highest BCUT2D eigenvalue weighted by Crippen LogP contribution is 2.39. The summed E-state index contributed by atoms with van der Waals surface area (Å²) in [5.41, 5.74) is 9.44. The summed E-state index contributed by atoms with van der Waals surface area (Å²) >= 11 is 0. The van der Waals surface area contributed by atoms with Crippen molar-refractivity contribution in [2.45, 2.75) is 66.2 Å². The summed E-state index contributed by atoms with van der Waals surface area (Å²) in [6, 6.07) is 5.28. The Bertz CT molecular complexity index is 3190. The van der Waals surface area contributed by atoms with Crippen molar-refractivity contribution in [3.8, 4) is 11.5 Å². The number of rotatable bonds is 30. The molecule has 1 aromatic carbocycles. The number of aromatic nitrogens is 5. The van der Waals surface area contributed by atoms with Crippen molar-refractivity contribution < 1.29 is 76.3 Å². The maximum absolute atomic E-state index is 12.7. The molecule has 6 bridgehead atoms. The van der Waals surface area contributed by atoms with Gasteiger partial charge in [0, 0.05) is 45.0 Å². The van der Waals surface area contributed by atoms with Gasteiger partial charge in [-0.25, -0.2) is 19.6 Å². The molecule has 0 atom stereocenters. The second-order valence-corrected chi connectivity index (χ2v) is 18.6. The predicted molar refractivity (Wildman–Crippen MR) is 292 cm³/mol. The molecule has 0 unspecified atom stereocenters. The minimum absolute atomic E-state index is 0.127. The number of aryl methyl sites for hydroxylation is 2. The van der Waals surface area contributed by atoms with Crippen LogP contribution >= 0.6 is 0 Å². The normalized spacial score (nSPS) is 14.8. The van der Waals surface area contributed by atoms with Gasteiger partial charge in [-0.3, -0.25) is 59.2 Å². The van der Waals surface area contributed by atoms with Gasteiger partial charge in [-0.15, -0.1) is 0 Å². The molecule has 0 saturated carbocycles. The molecule has 3 N–H and O–H groups in total. The molecule has 2 fully saturated rings. The Hall–Kier alpha value is -7.94. The van der Waals surface area contributed by atoms with Crippen LogP contribution in [0.3, 0.4) is 0 Å². The summed E-state index contributed by atoms with van der Waals surface area (Å²) in [4.78, 5) is 124. The lowest BCUT2D eigenvalue weighted by Gasteiger charge is -2.23. The maximum atomic E-state index is 12.7. The molecule has 2 aromatic heterocycles. The number of urea groups is 2. The van der Waals surface area contributed by atoms with E-state index in [4.69, 9.17) is 57.8 Å². The monoisotopic (exact) mass is 1120 g/mol. The SMILES string of the molecule is CCC1=C(CC)c2cc3[nH]c(cnc4cc(OCCOCCOCCOC)c(OCCOCCOCCOC)cc4ncc4nc(cc1n2)C(CCCN1C(=O)NC(=O)C(=O)C1=O)=C4C)c(C)c3CCCN1C(=O)NC(=O)C(=O)C1=O. The van der Waals surface area contributed by atoms with Gasteiger partial charge in [0.25, 0.3) is 0 Å². The molecule has 432 valence electrons. The summed E-state index contributed by atoms with van der Waals surface area (Å²) in [6.07, 6.45) is 5.52. The first-order valence-electron chi connectivity index (χ1n) is 26.7. The number of barbiturate groups is 2. The maximum Gasteiger partial charge on any atom is 0.331 e. The fourth-order valence-corrected chi connectivity index (χ4v) is 9.20. The highest BCUT2D eigenvalue weighted by atomic mass is 16.6. The smallest absolute Gasteiger partial charge is 0.331 e. The van der Waals surface area contributed by atoms with E-state index in [9.17, 15) is 38.4 Å². The van der Waals surface area contributed by atoms with E-state index in [1.165, 1.54) is 0 Å². The van der Waals surface area contributed by atoms with Crippen molar-refractivity contribution in [2.24, 2.45) is 0 Å². The molecule has 25 heteroatoms. The summed E-state index contributed by atoms with van der Waals surface area (Å²) in [6.45, 7) is 11.4. The van der Waals surface area contributed by atoms with E-state index in [1.54, 1.807) is 38.7 Å². The Balaban J connectivity index is 1.35. The summed E-state index contributed by atoms with van der Waals surface area (Å²) in [5.74, 6) is -6.94. The minimum atomic E-state index is -1.33. The number of allylic oxidation sites excluding steroid dienone is 4. The Labute approximate surface area is 466 Å². The van der Waals surface area contributed by atoms with Crippen molar-refractivity contribution in [1.29, 1.82) is 0 Å². The van der Waals surface area contributed by atoms with Crippen molar-refractivity contribution in [1.82, 2.24) is 45.4 Å². The van der Waals surface area contributed by atoms with Crippen molar-refractivity contribution in [3.63, 3.8) is 0 Å². The molecule has 8 amide bonds. The number of amides is 8. The van der Waals surface area contributed by atoms with Crippen molar-refractivity contribution in [3.05, 3.63) is 70.6 Å². The van der Waals surface area contributed by atoms with Gasteiger partial charge >= 0.3 is 47.3 Å². The van der Waals surface area contributed by atoms with Crippen LogP contribution in [-0.4, -0.2) is 189 Å². The summed E-state index contributed by atoms with van der Waals surface area (Å²) < 4.78 is 45.3. The van der Waals surface area contributed by atoms with E-state index in [0.29, 0.717) is 128 Å². The van der Waals surface area contributed by atoms with Crippen LogP contribution in [0.5, 0.6) is 11.5 Å². The van der Waals surface area contributed by atoms with E-state index in [-0.39, 0.29) is 58.8 Å². The van der Waals surface area contributed by atoms with Crippen LogP contribution in [0.15, 0.2) is 36.7 Å². The molecule has 7 rings (SSSR count). The van der Waals surface area contributed by atoms with E-state index >= 15 is 0 Å². The Morgan fingerprint density at radius 3 is 1.44 bits per heavy atom. The molecular weight excluding hydrogens is 1050 g/mol. The second kappa shape index (κ2) is 29.5. The first-order chi connectivity index (χ1) is 39.2. The molecular formula is C56H67N9O16. The number of aromatic amines is 1. The van der Waals surface area contributed by atoms with Gasteiger partial charge < -0.3 is 42.9 Å². The Morgan fingerprint density at radius 2 is 0.938 bits per heavy atom. The van der Waals surface area contributed by atoms with Gasteiger partial charge in [-0.1, -0.05) is 13.8 Å². The fourth-order valence-electron chi connectivity index (χ4n) is 9.20. The standard InChI is InChI=1S/C56H67N9O16/c1-7-35-36(8-2)40-28-42-38(12-10-14-65-54(71)50(67)52(69)63-56(65)73)34(4)46(61-42)32-58-44-30-48(81-26-24-79-22-20-77-18-16-75-6)47(80-25-23-78-21-19-76-17-15-74-5)29-43(44)57-31-45-33(3)37(41(60-45)27-39(35)59-40)11-9-13-64-53(70)49(66)51(68)62-55(64)72/h27-32,60H,7-26H2,1-6H3,(H,62,68,72)(H,63,69,73). The molecule has 81 heavy (non-hydrogen) atoms. The zero-order valence-corrected chi connectivity index (χ0v) is 46.3. The van der Waals surface area contributed by atoms with Gasteiger partial charge in [-0.2, -0.15) is 0 Å². The van der Waals surface area contributed by atoms with E-state index < -0.39 is 47.3 Å². The van der Waals surface area contributed by atoms with Gasteiger partial charge in [0.15, 0.2) is 11.5 Å². The van der Waals surface area contributed by atoms with Crippen LogP contribution in [-0.2, 0) is 63.6 Å². The van der Waals surface area contributed by atoms with E-state index in [0.717, 1.165) is 43.2 Å². The largest absolute Gasteiger partial charge is 0.487 e. The topological polar surface area (TPSA) is 308 Å². The number of imide groups is 4. The van der Waals surface area contributed by atoms with Crippen LogP contribution in [0.1, 0.15) is 86.8 Å². The zero-order chi connectivity index (χ0) is 58.0. The third-order valence-electron chi connectivity index (χ3n) is 13.4. The lowest BCUT2D eigenvalue weighted by atomic mass is 9.98. The number of ketones is 2. The number of nitrogens with zero attached hydrogens (tertiary/aromatic N) is 6. The van der Waals surface area contributed by atoms with Crippen molar-refractivity contribution in [2.75, 3.05) is 107 Å². The van der Waals surface area contributed by atoms with Crippen LogP contribution in [0.25, 0.3) is 44.4 Å². The molecule has 0 spiro atoms. The highest BCUT2D eigenvalue weighted by Gasteiger charge is 2.40. The van der Waals surface area contributed by atoms with Crippen LogP contribution in [0.4, 0.5) is 9.59 Å². The van der Waals surface area contributed by atoms with Gasteiger partial charge in [0.05, 0.1) is 118 Å². The minimum Gasteiger partial charge on any atom is -0.487 e. The molecule has 0 aliphatic carbocycles. The predicted octanol–water partition coefficient (Wildman–Crippen LogP) is 4.43. The number of Topliss-reactive ketones (excluding diaryl/α,β-unsaturated/α-hetero) is 2.